The van der Waals surface area contributed by atoms with E-state index < -0.39 is 5.97 Å². The molecule has 0 bridgehead atoms. The van der Waals surface area contributed by atoms with E-state index in [1.54, 1.807) is 0 Å². The second-order valence-electron chi connectivity index (χ2n) is 5.02. The Morgan fingerprint density at radius 1 is 1.21 bits per heavy atom. The van der Waals surface area contributed by atoms with Crippen LogP contribution in [0, 0.1) is 13.8 Å². The second kappa shape index (κ2) is 5.40. The van der Waals surface area contributed by atoms with E-state index in [1.807, 2.05) is 4.90 Å². The lowest BCUT2D eigenvalue weighted by molar-refractivity contribution is -0.138. The highest BCUT2D eigenvalue weighted by Crippen LogP contribution is 2.25. The van der Waals surface area contributed by atoms with Gasteiger partial charge in [0, 0.05) is 13.1 Å². The zero-order valence-corrected chi connectivity index (χ0v) is 11.2. The molecule has 5 nitrogen and oxygen atoms in total. The molecule has 0 saturated heterocycles. The van der Waals surface area contributed by atoms with Crippen molar-refractivity contribution in [2.75, 3.05) is 13.1 Å². The summed E-state index contributed by atoms with van der Waals surface area (Å²) in [5, 5.41) is 10.9. The number of aryl methyl sites for hydroxylation is 2. The van der Waals surface area contributed by atoms with Gasteiger partial charge >= 0.3 is 5.97 Å². The Morgan fingerprint density at radius 2 is 1.74 bits per heavy atom. The third kappa shape index (κ3) is 3.32. The monoisotopic (exact) mass is 262 g/mol. The maximum absolute atomic E-state index is 11.6. The van der Waals surface area contributed by atoms with Crippen LogP contribution in [-0.2, 0) is 22.7 Å². The quantitative estimate of drug-likeness (QED) is 0.843. The summed E-state index contributed by atoms with van der Waals surface area (Å²) in [6.07, 6.45) is 0. The predicted molar refractivity (Wildman–Crippen MR) is 70.7 cm³/mol. The van der Waals surface area contributed by atoms with Crippen LogP contribution in [0.15, 0.2) is 12.1 Å². The van der Waals surface area contributed by atoms with Crippen LogP contribution in [0.1, 0.15) is 22.3 Å². The molecule has 2 rings (SSSR count). The summed E-state index contributed by atoms with van der Waals surface area (Å²) in [7, 11) is 0. The van der Waals surface area contributed by atoms with Gasteiger partial charge in [0.2, 0.25) is 5.91 Å². The third-order valence-electron chi connectivity index (χ3n) is 3.41. The zero-order chi connectivity index (χ0) is 14.0. The van der Waals surface area contributed by atoms with Crippen LogP contribution in [-0.4, -0.2) is 35.0 Å². The maximum Gasteiger partial charge on any atom is 0.322 e. The summed E-state index contributed by atoms with van der Waals surface area (Å²) < 4.78 is 0. The highest BCUT2D eigenvalue weighted by atomic mass is 16.4. The number of carboxylic acid groups (broad SMARTS) is 1. The van der Waals surface area contributed by atoms with Crippen molar-refractivity contribution in [2.45, 2.75) is 26.9 Å². The van der Waals surface area contributed by atoms with Crippen molar-refractivity contribution >= 4 is 11.9 Å². The van der Waals surface area contributed by atoms with Gasteiger partial charge in [0.15, 0.2) is 0 Å². The lowest BCUT2D eigenvalue weighted by atomic mass is 10.0. The van der Waals surface area contributed by atoms with Crippen molar-refractivity contribution in [2.24, 2.45) is 0 Å². The van der Waals surface area contributed by atoms with Gasteiger partial charge in [-0.25, -0.2) is 0 Å². The van der Waals surface area contributed by atoms with E-state index in [0.717, 1.165) is 13.1 Å². The number of carboxylic acids is 1. The Labute approximate surface area is 112 Å². The van der Waals surface area contributed by atoms with E-state index in [-0.39, 0.29) is 19.0 Å². The van der Waals surface area contributed by atoms with Crippen LogP contribution in [0.3, 0.4) is 0 Å². The van der Waals surface area contributed by atoms with Crippen LogP contribution < -0.4 is 5.32 Å². The Hall–Kier alpha value is -1.88. The number of hydrogen-bond acceptors (Lipinski definition) is 3. The molecule has 5 heteroatoms. The fraction of sp³-hybridized carbons (Fsp3) is 0.429. The van der Waals surface area contributed by atoms with E-state index in [1.165, 1.54) is 22.3 Å². The zero-order valence-electron chi connectivity index (χ0n) is 11.2. The molecule has 0 aromatic heterocycles. The number of aliphatic carboxylic acids is 1. The first-order valence-electron chi connectivity index (χ1n) is 6.25. The number of nitrogens with one attached hydrogen (secondary N) is 1. The van der Waals surface area contributed by atoms with Gasteiger partial charge in [-0.3, -0.25) is 14.5 Å². The minimum atomic E-state index is -1.02. The Morgan fingerprint density at radius 3 is 2.21 bits per heavy atom. The van der Waals surface area contributed by atoms with E-state index >= 15 is 0 Å². The first kappa shape index (κ1) is 13.5. The third-order valence-corrected chi connectivity index (χ3v) is 3.41. The molecule has 1 aromatic carbocycles. The average Bonchev–Trinajstić information content (AvgIpc) is 2.68. The largest absolute Gasteiger partial charge is 0.480 e. The molecule has 0 unspecified atom stereocenters. The average molecular weight is 262 g/mol. The summed E-state index contributed by atoms with van der Waals surface area (Å²) in [6.45, 7) is 5.57. The number of amides is 1. The summed E-state index contributed by atoms with van der Waals surface area (Å²) in [6, 6.07) is 4.33. The lowest BCUT2D eigenvalue weighted by Gasteiger charge is -2.13. The number of benzene rings is 1. The van der Waals surface area contributed by atoms with Gasteiger partial charge in [-0.2, -0.15) is 0 Å². The van der Waals surface area contributed by atoms with E-state index in [0.29, 0.717) is 0 Å². The lowest BCUT2D eigenvalue weighted by Crippen LogP contribution is -2.37. The predicted octanol–water partition coefficient (Wildman–Crippen LogP) is 0.820. The molecule has 1 aliphatic heterocycles. The molecule has 1 aromatic rings. The molecule has 19 heavy (non-hydrogen) atoms. The SMILES string of the molecule is Cc1cc2c(cc1C)CN(CC(=O)NCC(=O)O)C2. The van der Waals surface area contributed by atoms with Crippen LogP contribution in [0.5, 0.6) is 0 Å². The molecular weight excluding hydrogens is 244 g/mol. The van der Waals surface area contributed by atoms with Gasteiger partial charge in [-0.15, -0.1) is 0 Å². The summed E-state index contributed by atoms with van der Waals surface area (Å²) in [5.41, 5.74) is 5.04. The summed E-state index contributed by atoms with van der Waals surface area (Å²) in [5.74, 6) is -1.27. The number of hydrogen-bond donors (Lipinski definition) is 2. The Kier molecular flexibility index (Phi) is 3.85. The molecule has 0 saturated carbocycles. The number of rotatable bonds is 4. The van der Waals surface area contributed by atoms with Crippen molar-refractivity contribution in [1.29, 1.82) is 0 Å². The summed E-state index contributed by atoms with van der Waals surface area (Å²) in [4.78, 5) is 24.0. The van der Waals surface area contributed by atoms with Gasteiger partial charge in [-0.1, -0.05) is 12.1 Å². The smallest absolute Gasteiger partial charge is 0.322 e. The molecule has 1 aliphatic rings. The van der Waals surface area contributed by atoms with Crippen molar-refractivity contribution in [3.63, 3.8) is 0 Å². The highest BCUT2D eigenvalue weighted by Gasteiger charge is 2.21. The normalized spacial score (nSPS) is 14.2. The standard InChI is InChI=1S/C14H18N2O3/c1-9-3-11-6-16(7-12(11)4-10(9)2)8-13(17)15-5-14(18)19/h3-4H,5-8H2,1-2H3,(H,15,17)(H,18,19). The molecule has 2 N–H and O–H groups in total. The number of carbonyl (C=O) groups is 2. The highest BCUT2D eigenvalue weighted by molar-refractivity contribution is 5.82. The van der Waals surface area contributed by atoms with E-state index in [9.17, 15) is 9.59 Å². The van der Waals surface area contributed by atoms with Crippen molar-refractivity contribution in [1.82, 2.24) is 10.2 Å². The molecule has 0 atom stereocenters. The van der Waals surface area contributed by atoms with E-state index in [2.05, 4.69) is 31.3 Å². The molecule has 0 radical (unpaired) electrons. The number of carbonyl (C=O) groups excluding carboxylic acids is 1. The van der Waals surface area contributed by atoms with Crippen molar-refractivity contribution in [3.05, 3.63) is 34.4 Å². The number of fused-ring (bicyclic) bond motifs is 1. The first-order valence-corrected chi connectivity index (χ1v) is 6.25. The molecule has 0 spiro atoms. The van der Waals surface area contributed by atoms with Crippen LogP contribution in [0.4, 0.5) is 0 Å². The van der Waals surface area contributed by atoms with Gasteiger partial charge < -0.3 is 10.4 Å². The van der Waals surface area contributed by atoms with E-state index in [4.69, 9.17) is 5.11 Å². The molecule has 0 aliphatic carbocycles. The fourth-order valence-corrected chi connectivity index (χ4v) is 2.31. The topological polar surface area (TPSA) is 69.6 Å². The van der Waals surface area contributed by atoms with Crippen LogP contribution in [0.25, 0.3) is 0 Å². The van der Waals surface area contributed by atoms with Crippen LogP contribution >= 0.6 is 0 Å². The minimum Gasteiger partial charge on any atom is -0.480 e. The Balaban J connectivity index is 1.93. The second-order valence-corrected chi connectivity index (χ2v) is 5.02. The summed E-state index contributed by atoms with van der Waals surface area (Å²) >= 11 is 0. The molecule has 102 valence electrons. The van der Waals surface area contributed by atoms with Crippen molar-refractivity contribution in [3.8, 4) is 0 Å². The van der Waals surface area contributed by atoms with Gasteiger partial charge in [0.05, 0.1) is 6.54 Å². The number of nitrogens with zero attached hydrogens (tertiary/aromatic N) is 1. The van der Waals surface area contributed by atoms with Gasteiger partial charge in [0.25, 0.3) is 0 Å². The van der Waals surface area contributed by atoms with Gasteiger partial charge in [0.1, 0.15) is 6.54 Å². The van der Waals surface area contributed by atoms with Crippen molar-refractivity contribution < 1.29 is 14.7 Å². The Bertz CT molecular complexity index is 495. The molecular formula is C14H18N2O3. The minimum absolute atomic E-state index is 0.236. The molecule has 1 heterocycles. The maximum atomic E-state index is 11.6. The van der Waals surface area contributed by atoms with Crippen LogP contribution in [0.2, 0.25) is 0 Å². The van der Waals surface area contributed by atoms with Gasteiger partial charge in [-0.05, 0) is 36.1 Å². The molecule has 1 amide bonds. The fourth-order valence-electron chi connectivity index (χ4n) is 2.31. The molecule has 0 fully saturated rings. The first-order chi connectivity index (χ1) is 8.95.